The molecule has 40 heavy (non-hydrogen) atoms. The van der Waals surface area contributed by atoms with Crippen LogP contribution in [0, 0.1) is 5.92 Å². The summed E-state index contributed by atoms with van der Waals surface area (Å²) in [6, 6.07) is 7.30. The molecule has 0 aliphatic rings. The maximum absolute atomic E-state index is 14.3. The second-order valence-electron chi connectivity index (χ2n) is 11.1. The molecule has 3 amide bonds. The molecule has 3 atom stereocenters. The minimum absolute atomic E-state index is 0.0295. The molecule has 226 valence electrons. The average Bonchev–Trinajstić information content (AvgIpc) is 2.89. The SMILES string of the molecule is CCCCCCCN(C(=O)C(NC(=O)OC(C)(C)C)C(C)CC)C(C(=O)NCCC(=O)OCC)c1ccccc1. The van der Waals surface area contributed by atoms with Crippen LogP contribution >= 0.6 is 0 Å². The lowest BCUT2D eigenvalue weighted by Crippen LogP contribution is -2.55. The zero-order chi connectivity index (χ0) is 30.1. The van der Waals surface area contributed by atoms with E-state index >= 15 is 0 Å². The average molecular weight is 562 g/mol. The molecule has 0 fully saturated rings. The summed E-state index contributed by atoms with van der Waals surface area (Å²) in [5.41, 5.74) is -0.0736. The van der Waals surface area contributed by atoms with E-state index in [1.54, 1.807) is 32.6 Å². The highest BCUT2D eigenvalue weighted by molar-refractivity contribution is 5.92. The highest BCUT2D eigenvalue weighted by Crippen LogP contribution is 2.25. The van der Waals surface area contributed by atoms with Crippen LogP contribution in [-0.2, 0) is 23.9 Å². The molecule has 1 rings (SSSR count). The van der Waals surface area contributed by atoms with Crippen LogP contribution in [0.4, 0.5) is 4.79 Å². The number of esters is 1. The number of alkyl carbamates (subject to hydrolysis) is 1. The molecule has 0 aromatic heterocycles. The first-order valence-electron chi connectivity index (χ1n) is 14.7. The third-order valence-corrected chi connectivity index (χ3v) is 6.55. The van der Waals surface area contributed by atoms with Crippen molar-refractivity contribution in [1.29, 1.82) is 0 Å². The Bertz CT molecular complexity index is 915. The second kappa shape index (κ2) is 18.3. The number of unbranched alkanes of at least 4 members (excludes halogenated alkanes) is 4. The monoisotopic (exact) mass is 561 g/mol. The largest absolute Gasteiger partial charge is 0.466 e. The molecule has 9 nitrogen and oxygen atoms in total. The summed E-state index contributed by atoms with van der Waals surface area (Å²) in [5.74, 6) is -1.34. The number of benzene rings is 1. The van der Waals surface area contributed by atoms with Crippen molar-refractivity contribution in [3.05, 3.63) is 35.9 Å². The Morgan fingerprint density at radius 1 is 0.950 bits per heavy atom. The highest BCUT2D eigenvalue weighted by Gasteiger charge is 2.37. The fraction of sp³-hybridized carbons (Fsp3) is 0.677. The third kappa shape index (κ3) is 12.8. The van der Waals surface area contributed by atoms with Gasteiger partial charge < -0.3 is 25.0 Å². The van der Waals surface area contributed by atoms with E-state index in [1.807, 2.05) is 44.2 Å². The molecule has 0 bridgehead atoms. The molecule has 3 unspecified atom stereocenters. The number of hydrogen-bond donors (Lipinski definition) is 2. The van der Waals surface area contributed by atoms with Gasteiger partial charge in [0.05, 0.1) is 13.0 Å². The lowest BCUT2D eigenvalue weighted by atomic mass is 9.95. The molecule has 0 saturated heterocycles. The van der Waals surface area contributed by atoms with Crippen LogP contribution in [0.1, 0.15) is 105 Å². The van der Waals surface area contributed by atoms with Crippen molar-refractivity contribution >= 4 is 23.9 Å². The van der Waals surface area contributed by atoms with E-state index in [1.165, 1.54) is 0 Å². The first-order chi connectivity index (χ1) is 18.9. The normalized spacial score (nSPS) is 13.5. The summed E-state index contributed by atoms with van der Waals surface area (Å²) in [7, 11) is 0. The molecular weight excluding hydrogens is 510 g/mol. The smallest absolute Gasteiger partial charge is 0.408 e. The van der Waals surface area contributed by atoms with Crippen molar-refractivity contribution in [3.63, 3.8) is 0 Å². The van der Waals surface area contributed by atoms with Crippen LogP contribution in [0.15, 0.2) is 30.3 Å². The number of nitrogens with one attached hydrogen (secondary N) is 2. The fourth-order valence-corrected chi connectivity index (χ4v) is 4.27. The first-order valence-corrected chi connectivity index (χ1v) is 14.7. The number of hydrogen-bond acceptors (Lipinski definition) is 6. The summed E-state index contributed by atoms with van der Waals surface area (Å²) < 4.78 is 10.4. The third-order valence-electron chi connectivity index (χ3n) is 6.55. The van der Waals surface area contributed by atoms with Gasteiger partial charge in [0.2, 0.25) is 11.8 Å². The maximum Gasteiger partial charge on any atom is 0.408 e. The molecule has 0 radical (unpaired) electrons. The summed E-state index contributed by atoms with van der Waals surface area (Å²) >= 11 is 0. The number of nitrogens with zero attached hydrogens (tertiary/aromatic N) is 1. The van der Waals surface area contributed by atoms with Gasteiger partial charge in [-0.3, -0.25) is 14.4 Å². The zero-order valence-corrected chi connectivity index (χ0v) is 25.6. The summed E-state index contributed by atoms with van der Waals surface area (Å²) in [6.45, 7) is 13.7. The number of amides is 3. The van der Waals surface area contributed by atoms with Crippen molar-refractivity contribution < 1.29 is 28.7 Å². The van der Waals surface area contributed by atoms with Crippen molar-refractivity contribution in [2.24, 2.45) is 5.92 Å². The van der Waals surface area contributed by atoms with E-state index in [4.69, 9.17) is 9.47 Å². The van der Waals surface area contributed by atoms with Crippen LogP contribution in [0.5, 0.6) is 0 Å². The standard InChI is InChI=1S/C31H51N3O6/c1-8-11-12-13-17-22-34(29(37)26(23(4)9-2)33-30(38)40-31(5,6)7)27(24-18-15-14-16-19-24)28(36)32-21-20-25(35)39-10-3/h14-16,18-19,23,26-27H,8-13,17,20-22H2,1-7H3,(H,32,36)(H,33,38). The Morgan fingerprint density at radius 2 is 1.60 bits per heavy atom. The molecule has 1 aromatic carbocycles. The van der Waals surface area contributed by atoms with Crippen molar-refractivity contribution in [2.45, 2.75) is 111 Å². The molecule has 2 N–H and O–H groups in total. The van der Waals surface area contributed by atoms with Gasteiger partial charge in [-0.1, -0.05) is 83.2 Å². The van der Waals surface area contributed by atoms with Crippen LogP contribution in [0.2, 0.25) is 0 Å². The van der Waals surface area contributed by atoms with E-state index in [0.717, 1.165) is 25.7 Å². The van der Waals surface area contributed by atoms with Crippen molar-refractivity contribution in [3.8, 4) is 0 Å². The summed E-state index contributed by atoms with van der Waals surface area (Å²) in [5, 5.41) is 5.61. The molecular formula is C31H51N3O6. The number of carbonyl (C=O) groups is 4. The molecule has 0 saturated carbocycles. The van der Waals surface area contributed by atoms with Crippen molar-refractivity contribution in [2.75, 3.05) is 19.7 Å². The second-order valence-corrected chi connectivity index (χ2v) is 11.1. The number of ether oxygens (including phenoxy) is 2. The zero-order valence-electron chi connectivity index (χ0n) is 25.6. The predicted molar refractivity (Wildman–Crippen MR) is 157 cm³/mol. The van der Waals surface area contributed by atoms with Gasteiger partial charge in [-0.2, -0.15) is 0 Å². The number of carbonyl (C=O) groups excluding carboxylic acids is 4. The van der Waals surface area contributed by atoms with Gasteiger partial charge >= 0.3 is 12.1 Å². The van der Waals surface area contributed by atoms with E-state index in [9.17, 15) is 19.2 Å². The Morgan fingerprint density at radius 3 is 2.17 bits per heavy atom. The maximum atomic E-state index is 14.3. The van der Waals surface area contributed by atoms with Crippen LogP contribution in [0.25, 0.3) is 0 Å². The van der Waals surface area contributed by atoms with Gasteiger partial charge in [-0.25, -0.2) is 4.79 Å². The minimum Gasteiger partial charge on any atom is -0.466 e. The molecule has 0 heterocycles. The molecule has 0 aliphatic carbocycles. The minimum atomic E-state index is -0.936. The summed E-state index contributed by atoms with van der Waals surface area (Å²) in [4.78, 5) is 54.1. The predicted octanol–water partition coefficient (Wildman–Crippen LogP) is 5.54. The van der Waals surface area contributed by atoms with Gasteiger partial charge in [0.1, 0.15) is 17.7 Å². The molecule has 0 spiro atoms. The quantitative estimate of drug-likeness (QED) is 0.191. The molecule has 9 heteroatoms. The van der Waals surface area contributed by atoms with E-state index in [2.05, 4.69) is 17.6 Å². The topological polar surface area (TPSA) is 114 Å². The van der Waals surface area contributed by atoms with E-state index < -0.39 is 35.7 Å². The Hall–Kier alpha value is -3.10. The lowest BCUT2D eigenvalue weighted by molar-refractivity contribution is -0.145. The van der Waals surface area contributed by atoms with E-state index in [0.29, 0.717) is 24.9 Å². The Balaban J connectivity index is 3.38. The van der Waals surface area contributed by atoms with Gasteiger partial charge in [0.15, 0.2) is 0 Å². The number of rotatable bonds is 17. The molecule has 0 aliphatic heterocycles. The Kier molecular flexibility index (Phi) is 16.0. The van der Waals surface area contributed by atoms with Gasteiger partial charge in [0.25, 0.3) is 0 Å². The fourth-order valence-electron chi connectivity index (χ4n) is 4.27. The molecule has 1 aromatic rings. The van der Waals surface area contributed by atoms with Gasteiger partial charge in [-0.05, 0) is 45.6 Å². The van der Waals surface area contributed by atoms with Crippen LogP contribution < -0.4 is 10.6 Å². The van der Waals surface area contributed by atoms with Crippen molar-refractivity contribution in [1.82, 2.24) is 15.5 Å². The summed E-state index contributed by atoms with van der Waals surface area (Å²) in [6.07, 6.45) is 4.84. The first kappa shape index (κ1) is 34.9. The van der Waals surface area contributed by atoms with E-state index in [-0.39, 0.29) is 31.4 Å². The van der Waals surface area contributed by atoms with Gasteiger partial charge in [-0.15, -0.1) is 0 Å². The highest BCUT2D eigenvalue weighted by atomic mass is 16.6. The van der Waals surface area contributed by atoms with Crippen LogP contribution in [-0.4, -0.2) is 60.1 Å². The Labute approximate surface area is 240 Å². The van der Waals surface area contributed by atoms with Crippen LogP contribution in [0.3, 0.4) is 0 Å². The lowest BCUT2D eigenvalue weighted by Gasteiger charge is -2.36. The van der Waals surface area contributed by atoms with Gasteiger partial charge in [0, 0.05) is 13.1 Å².